The van der Waals surface area contributed by atoms with Crippen molar-refractivity contribution < 1.29 is 27.3 Å². The van der Waals surface area contributed by atoms with E-state index in [1.165, 1.54) is 18.7 Å². The van der Waals surface area contributed by atoms with Crippen LogP contribution in [-0.4, -0.2) is 50.0 Å². The molecule has 0 spiro atoms. The maximum atomic E-state index is 12.2. The minimum atomic E-state index is -3.98. The molecule has 10 heteroatoms. The molecule has 0 aliphatic heterocycles. The van der Waals surface area contributed by atoms with Crippen LogP contribution in [0.2, 0.25) is 0 Å². The van der Waals surface area contributed by atoms with Gasteiger partial charge in [-0.15, -0.1) is 0 Å². The summed E-state index contributed by atoms with van der Waals surface area (Å²) in [5.41, 5.74) is 1.14. The number of likely N-dealkylation sites (N-methyl/N-ethyl adjacent to an activating group) is 1. The molecular weight excluding hydrogens is 386 g/mol. The molecule has 9 nitrogen and oxygen atoms in total. The van der Waals surface area contributed by atoms with E-state index >= 15 is 0 Å². The number of benzene rings is 1. The SMILES string of the molecule is CCN(Cc1ccccc1)C(=O)COC(=O)CNS(=O)(=O)c1c(C)noc1C. The van der Waals surface area contributed by atoms with E-state index in [4.69, 9.17) is 9.26 Å². The number of nitrogens with zero attached hydrogens (tertiary/aromatic N) is 2. The van der Waals surface area contributed by atoms with Gasteiger partial charge in [-0.3, -0.25) is 9.59 Å². The third-order valence-corrected chi connectivity index (χ3v) is 5.60. The number of carbonyl (C=O) groups excluding carboxylic acids is 2. The number of carbonyl (C=O) groups is 2. The topological polar surface area (TPSA) is 119 Å². The van der Waals surface area contributed by atoms with Gasteiger partial charge in [-0.1, -0.05) is 35.5 Å². The van der Waals surface area contributed by atoms with Crippen LogP contribution in [-0.2, 0) is 30.9 Å². The Hall–Kier alpha value is -2.72. The van der Waals surface area contributed by atoms with Crippen molar-refractivity contribution >= 4 is 21.9 Å². The highest BCUT2D eigenvalue weighted by Crippen LogP contribution is 2.18. The molecule has 1 aromatic carbocycles. The summed E-state index contributed by atoms with van der Waals surface area (Å²) in [6.07, 6.45) is 0. The molecule has 0 atom stereocenters. The standard InChI is InChI=1S/C18H23N3O6S/c1-4-21(11-15-8-6-5-7-9-15)16(22)12-26-17(23)10-19-28(24,25)18-13(2)20-27-14(18)3/h5-9,19H,4,10-12H2,1-3H3. The Morgan fingerprint density at radius 3 is 2.46 bits per heavy atom. The molecule has 0 saturated carbocycles. The van der Waals surface area contributed by atoms with Gasteiger partial charge in [0.15, 0.2) is 12.4 Å². The van der Waals surface area contributed by atoms with Crippen LogP contribution in [0.25, 0.3) is 0 Å². The second-order valence-corrected chi connectivity index (χ2v) is 7.74. The first kappa shape index (κ1) is 21.6. The van der Waals surface area contributed by atoms with E-state index in [2.05, 4.69) is 9.88 Å². The van der Waals surface area contributed by atoms with E-state index in [1.807, 2.05) is 37.3 Å². The van der Waals surface area contributed by atoms with Crippen molar-refractivity contribution in [2.45, 2.75) is 32.2 Å². The molecule has 0 fully saturated rings. The molecule has 2 aromatic rings. The van der Waals surface area contributed by atoms with Crippen LogP contribution in [0.4, 0.5) is 0 Å². The van der Waals surface area contributed by atoms with Crippen molar-refractivity contribution in [2.24, 2.45) is 0 Å². The molecule has 28 heavy (non-hydrogen) atoms. The largest absolute Gasteiger partial charge is 0.455 e. The smallest absolute Gasteiger partial charge is 0.321 e. The summed E-state index contributed by atoms with van der Waals surface area (Å²) < 4.78 is 36.3. The maximum Gasteiger partial charge on any atom is 0.321 e. The molecule has 1 heterocycles. The predicted octanol–water partition coefficient (Wildman–Crippen LogP) is 1.16. The number of ether oxygens (including phenoxy) is 1. The Kier molecular flexibility index (Phi) is 7.30. The van der Waals surface area contributed by atoms with Crippen molar-refractivity contribution in [2.75, 3.05) is 19.7 Å². The summed E-state index contributed by atoms with van der Waals surface area (Å²) in [4.78, 5) is 25.5. The molecule has 1 amide bonds. The average molecular weight is 409 g/mol. The molecule has 0 bridgehead atoms. The summed E-state index contributed by atoms with van der Waals surface area (Å²) in [5.74, 6) is -1.11. The minimum Gasteiger partial charge on any atom is -0.455 e. The van der Waals surface area contributed by atoms with Crippen LogP contribution >= 0.6 is 0 Å². The quantitative estimate of drug-likeness (QED) is 0.617. The van der Waals surface area contributed by atoms with E-state index in [0.29, 0.717) is 13.1 Å². The molecule has 2 rings (SSSR count). The van der Waals surface area contributed by atoms with Gasteiger partial charge in [-0.25, -0.2) is 8.42 Å². The van der Waals surface area contributed by atoms with E-state index in [9.17, 15) is 18.0 Å². The molecule has 0 radical (unpaired) electrons. The number of rotatable bonds is 9. The van der Waals surface area contributed by atoms with Crippen molar-refractivity contribution in [3.05, 3.63) is 47.3 Å². The van der Waals surface area contributed by atoms with Crippen LogP contribution < -0.4 is 4.72 Å². The number of hydrogen-bond acceptors (Lipinski definition) is 7. The van der Waals surface area contributed by atoms with Crippen LogP contribution in [0.1, 0.15) is 23.9 Å². The highest BCUT2D eigenvalue weighted by atomic mass is 32.2. The molecular formula is C18H23N3O6S. The van der Waals surface area contributed by atoms with E-state index in [-0.39, 0.29) is 22.3 Å². The molecule has 1 aromatic heterocycles. The van der Waals surface area contributed by atoms with Crippen molar-refractivity contribution in [3.8, 4) is 0 Å². The lowest BCUT2D eigenvalue weighted by atomic mass is 10.2. The fourth-order valence-electron chi connectivity index (χ4n) is 2.55. The van der Waals surface area contributed by atoms with Gasteiger partial charge < -0.3 is 14.2 Å². The Labute approximate surface area is 163 Å². The average Bonchev–Trinajstić information content (AvgIpc) is 3.02. The fraction of sp³-hybridized carbons (Fsp3) is 0.389. The Morgan fingerprint density at radius 2 is 1.89 bits per heavy atom. The second-order valence-electron chi connectivity index (χ2n) is 6.03. The van der Waals surface area contributed by atoms with Crippen LogP contribution in [0.15, 0.2) is 39.8 Å². The second kappa shape index (κ2) is 9.47. The number of amides is 1. The van der Waals surface area contributed by atoms with Gasteiger partial charge >= 0.3 is 5.97 Å². The summed E-state index contributed by atoms with van der Waals surface area (Å²) in [6.45, 7) is 4.53. The van der Waals surface area contributed by atoms with Crippen molar-refractivity contribution in [1.29, 1.82) is 0 Å². The van der Waals surface area contributed by atoms with E-state index < -0.39 is 29.1 Å². The number of esters is 1. The maximum absolute atomic E-state index is 12.2. The highest BCUT2D eigenvalue weighted by Gasteiger charge is 2.25. The normalized spacial score (nSPS) is 11.2. The first-order valence-electron chi connectivity index (χ1n) is 8.64. The first-order chi connectivity index (χ1) is 13.2. The van der Waals surface area contributed by atoms with Gasteiger partial charge in [0.05, 0.1) is 0 Å². The summed E-state index contributed by atoms with van der Waals surface area (Å²) in [6, 6.07) is 9.42. The monoisotopic (exact) mass is 409 g/mol. The minimum absolute atomic E-state index is 0.114. The van der Waals surface area contributed by atoms with Crippen LogP contribution in [0.5, 0.6) is 0 Å². The Balaban J connectivity index is 1.85. The zero-order valence-electron chi connectivity index (χ0n) is 16.0. The van der Waals surface area contributed by atoms with Gasteiger partial charge in [-0.2, -0.15) is 4.72 Å². The van der Waals surface area contributed by atoms with Crippen LogP contribution in [0, 0.1) is 13.8 Å². The lowest BCUT2D eigenvalue weighted by molar-refractivity contribution is -0.151. The predicted molar refractivity (Wildman–Crippen MR) is 99.7 cm³/mol. The first-order valence-corrected chi connectivity index (χ1v) is 10.1. The van der Waals surface area contributed by atoms with E-state index in [0.717, 1.165) is 5.56 Å². The van der Waals surface area contributed by atoms with Gasteiger partial charge in [0.25, 0.3) is 5.91 Å². The molecule has 0 aliphatic rings. The highest BCUT2D eigenvalue weighted by molar-refractivity contribution is 7.89. The lowest BCUT2D eigenvalue weighted by Crippen LogP contribution is -2.36. The molecule has 0 unspecified atom stereocenters. The van der Waals surface area contributed by atoms with Crippen LogP contribution in [0.3, 0.4) is 0 Å². The van der Waals surface area contributed by atoms with Gasteiger partial charge in [0.2, 0.25) is 10.0 Å². The molecule has 152 valence electrons. The summed E-state index contributed by atoms with van der Waals surface area (Å²) in [7, 11) is -3.98. The lowest BCUT2D eigenvalue weighted by Gasteiger charge is -2.20. The molecule has 1 N–H and O–H groups in total. The molecule has 0 aliphatic carbocycles. The number of sulfonamides is 1. The zero-order chi connectivity index (χ0) is 20.7. The van der Waals surface area contributed by atoms with Crippen molar-refractivity contribution in [1.82, 2.24) is 14.8 Å². The Bertz CT molecular complexity index is 905. The zero-order valence-corrected chi connectivity index (χ0v) is 16.8. The van der Waals surface area contributed by atoms with Gasteiger partial charge in [-0.05, 0) is 26.3 Å². The fourth-order valence-corrected chi connectivity index (χ4v) is 3.84. The number of aryl methyl sites for hydroxylation is 2. The number of aromatic nitrogens is 1. The van der Waals surface area contributed by atoms with Crippen molar-refractivity contribution in [3.63, 3.8) is 0 Å². The van der Waals surface area contributed by atoms with Gasteiger partial charge in [0, 0.05) is 13.1 Å². The molecule has 0 saturated heterocycles. The number of nitrogens with one attached hydrogen (secondary N) is 1. The third-order valence-electron chi connectivity index (χ3n) is 3.95. The third kappa shape index (κ3) is 5.64. The number of hydrogen-bond donors (Lipinski definition) is 1. The Morgan fingerprint density at radius 1 is 1.21 bits per heavy atom. The summed E-state index contributed by atoms with van der Waals surface area (Å²) >= 11 is 0. The van der Waals surface area contributed by atoms with Gasteiger partial charge in [0.1, 0.15) is 17.1 Å². The summed E-state index contributed by atoms with van der Waals surface area (Å²) in [5, 5.41) is 3.57. The van der Waals surface area contributed by atoms with E-state index in [1.54, 1.807) is 0 Å².